The summed E-state index contributed by atoms with van der Waals surface area (Å²) in [6, 6.07) is 12.7. The number of anilines is 1. The number of hydrogen-bond acceptors (Lipinski definition) is 6. The number of aromatic nitrogens is 1. The van der Waals surface area contributed by atoms with Crippen LogP contribution in [0.1, 0.15) is 23.6 Å². The van der Waals surface area contributed by atoms with E-state index in [1.54, 1.807) is 19.1 Å². The molecule has 3 aromatic rings. The molecule has 0 radical (unpaired) electrons. The molecule has 0 atom stereocenters. The Morgan fingerprint density at radius 1 is 1.13 bits per heavy atom. The fraction of sp³-hybridized carbons (Fsp3) is 0.136. The van der Waals surface area contributed by atoms with Gasteiger partial charge in [-0.25, -0.2) is 4.39 Å². The maximum Gasteiger partial charge on any atom is 0.268 e. The number of nitriles is 2. The van der Waals surface area contributed by atoms with Gasteiger partial charge < -0.3 is 20.2 Å². The minimum absolute atomic E-state index is 0.0367. The molecule has 7 nitrogen and oxygen atoms in total. The first-order valence-corrected chi connectivity index (χ1v) is 9.47. The molecule has 0 amide bonds. The number of nitrogens with two attached hydrogens (primary N) is 1. The Morgan fingerprint density at radius 3 is 2.52 bits per heavy atom. The third kappa shape index (κ3) is 4.30. The quantitative estimate of drug-likeness (QED) is 0.595. The minimum atomic E-state index is -0.707. The van der Waals surface area contributed by atoms with E-state index in [2.05, 4.69) is 4.98 Å². The van der Waals surface area contributed by atoms with E-state index >= 15 is 0 Å². The van der Waals surface area contributed by atoms with Crippen LogP contribution in [0.5, 0.6) is 11.5 Å². The van der Waals surface area contributed by atoms with Crippen molar-refractivity contribution in [1.29, 1.82) is 10.5 Å². The number of rotatable bonds is 6. The van der Waals surface area contributed by atoms with Crippen molar-refractivity contribution < 1.29 is 13.9 Å². The van der Waals surface area contributed by atoms with Crippen molar-refractivity contribution in [2.75, 3.05) is 12.3 Å². The zero-order chi connectivity index (χ0) is 22.5. The summed E-state index contributed by atoms with van der Waals surface area (Å²) in [7, 11) is 0. The molecule has 0 aliphatic rings. The summed E-state index contributed by atoms with van der Waals surface area (Å²) in [6.45, 7) is 1.90. The topological polar surface area (TPSA) is 125 Å². The van der Waals surface area contributed by atoms with E-state index in [0.717, 1.165) is 0 Å². The standard InChI is InChI=1S/C22H16ClFN4O3/c1-2-30-19-8-12(20-13(9-25)21(27)28-22(29)14(20)10-26)6-7-18(19)31-11-15-16(23)4-3-5-17(15)24/h3-8H,2,11H2,1H3,(H3,27,28,29). The number of halogens is 2. The zero-order valence-corrected chi connectivity index (χ0v) is 17.1. The smallest absolute Gasteiger partial charge is 0.268 e. The number of nitrogens with zero attached hydrogens (tertiary/aromatic N) is 2. The predicted octanol–water partition coefficient (Wildman–Crippen LogP) is 4.14. The molecule has 9 heteroatoms. The van der Waals surface area contributed by atoms with E-state index in [1.807, 2.05) is 12.1 Å². The van der Waals surface area contributed by atoms with E-state index < -0.39 is 11.4 Å². The van der Waals surface area contributed by atoms with Crippen molar-refractivity contribution in [2.24, 2.45) is 0 Å². The summed E-state index contributed by atoms with van der Waals surface area (Å²) >= 11 is 6.04. The number of aromatic amines is 1. The van der Waals surface area contributed by atoms with Crippen LogP contribution in [-0.4, -0.2) is 11.6 Å². The van der Waals surface area contributed by atoms with Crippen LogP contribution in [0.4, 0.5) is 10.2 Å². The molecule has 0 aliphatic carbocycles. The lowest BCUT2D eigenvalue weighted by molar-refractivity contribution is 0.266. The maximum absolute atomic E-state index is 14.0. The number of H-pyrrole nitrogens is 1. The van der Waals surface area contributed by atoms with Gasteiger partial charge >= 0.3 is 0 Å². The number of ether oxygens (including phenoxy) is 2. The summed E-state index contributed by atoms with van der Waals surface area (Å²) in [5.74, 6) is -0.0776. The number of nitrogen functional groups attached to an aromatic ring is 1. The maximum atomic E-state index is 14.0. The predicted molar refractivity (Wildman–Crippen MR) is 113 cm³/mol. The highest BCUT2D eigenvalue weighted by Crippen LogP contribution is 2.36. The van der Waals surface area contributed by atoms with Gasteiger partial charge in [-0.05, 0) is 36.8 Å². The number of benzene rings is 2. The Balaban J connectivity index is 2.07. The average molecular weight is 439 g/mol. The summed E-state index contributed by atoms with van der Waals surface area (Å²) in [5.41, 5.74) is 5.43. The molecule has 0 saturated carbocycles. The van der Waals surface area contributed by atoms with Crippen LogP contribution in [0.15, 0.2) is 41.2 Å². The van der Waals surface area contributed by atoms with Gasteiger partial charge in [0.1, 0.15) is 41.5 Å². The highest BCUT2D eigenvalue weighted by Gasteiger charge is 2.20. The molecular weight excluding hydrogens is 423 g/mol. The Bertz CT molecular complexity index is 1270. The molecule has 3 rings (SSSR count). The third-order valence-electron chi connectivity index (χ3n) is 4.43. The van der Waals surface area contributed by atoms with Crippen molar-refractivity contribution in [2.45, 2.75) is 13.5 Å². The minimum Gasteiger partial charge on any atom is -0.490 e. The number of nitrogens with one attached hydrogen (secondary N) is 1. The average Bonchev–Trinajstić information content (AvgIpc) is 2.74. The second-order valence-corrected chi connectivity index (χ2v) is 6.71. The van der Waals surface area contributed by atoms with E-state index in [-0.39, 0.29) is 52.1 Å². The van der Waals surface area contributed by atoms with Crippen LogP contribution < -0.4 is 20.8 Å². The van der Waals surface area contributed by atoms with E-state index in [4.69, 9.17) is 26.8 Å². The van der Waals surface area contributed by atoms with Crippen LogP contribution in [0.2, 0.25) is 5.02 Å². The fourth-order valence-corrected chi connectivity index (χ4v) is 3.22. The normalized spacial score (nSPS) is 10.2. The molecule has 31 heavy (non-hydrogen) atoms. The highest BCUT2D eigenvalue weighted by molar-refractivity contribution is 6.31. The van der Waals surface area contributed by atoms with Gasteiger partial charge in [0.25, 0.3) is 5.56 Å². The number of hydrogen-bond donors (Lipinski definition) is 2. The summed E-state index contributed by atoms with van der Waals surface area (Å²) in [6.07, 6.45) is 0. The first-order chi connectivity index (χ1) is 14.9. The Morgan fingerprint density at radius 2 is 1.87 bits per heavy atom. The van der Waals surface area contributed by atoms with Gasteiger partial charge in [0, 0.05) is 11.1 Å². The number of pyridine rings is 1. The largest absolute Gasteiger partial charge is 0.490 e. The summed E-state index contributed by atoms with van der Waals surface area (Å²) in [4.78, 5) is 14.5. The molecule has 0 fully saturated rings. The SMILES string of the molecule is CCOc1cc(-c2c(C#N)c(N)[nH]c(=O)c2C#N)ccc1OCc1c(F)cccc1Cl. The molecule has 3 N–H and O–H groups in total. The van der Waals surface area contributed by atoms with Crippen LogP contribution in [-0.2, 0) is 6.61 Å². The van der Waals surface area contributed by atoms with Gasteiger partial charge in [0.05, 0.1) is 11.6 Å². The Kier molecular flexibility index (Phi) is 6.44. The van der Waals surface area contributed by atoms with Crippen LogP contribution in [0, 0.1) is 28.5 Å². The fourth-order valence-electron chi connectivity index (χ4n) is 3.00. The first kappa shape index (κ1) is 21.7. The van der Waals surface area contributed by atoms with Gasteiger partial charge in [0.2, 0.25) is 0 Å². The molecule has 0 spiro atoms. The third-order valence-corrected chi connectivity index (χ3v) is 4.79. The molecule has 1 heterocycles. The molecule has 156 valence electrons. The summed E-state index contributed by atoms with van der Waals surface area (Å²) < 4.78 is 25.4. The van der Waals surface area contributed by atoms with Crippen molar-refractivity contribution in [3.05, 3.63) is 74.3 Å². The molecule has 0 saturated heterocycles. The molecule has 2 aromatic carbocycles. The van der Waals surface area contributed by atoms with Crippen molar-refractivity contribution in [3.63, 3.8) is 0 Å². The zero-order valence-electron chi connectivity index (χ0n) is 16.3. The Hall–Kier alpha value is -4.01. The summed E-state index contributed by atoms with van der Waals surface area (Å²) in [5, 5.41) is 19.2. The van der Waals surface area contributed by atoms with Gasteiger partial charge in [-0.3, -0.25) is 4.79 Å². The molecule has 0 unspecified atom stereocenters. The van der Waals surface area contributed by atoms with Gasteiger partial charge in [-0.15, -0.1) is 0 Å². The first-order valence-electron chi connectivity index (χ1n) is 9.10. The molecule has 0 aliphatic heterocycles. The van der Waals surface area contributed by atoms with E-state index in [0.29, 0.717) is 11.3 Å². The molecular formula is C22H16ClFN4O3. The van der Waals surface area contributed by atoms with Crippen LogP contribution >= 0.6 is 11.6 Å². The van der Waals surface area contributed by atoms with E-state index in [1.165, 1.54) is 24.3 Å². The van der Waals surface area contributed by atoms with Gasteiger partial charge in [-0.1, -0.05) is 23.7 Å². The van der Waals surface area contributed by atoms with Crippen molar-refractivity contribution in [3.8, 4) is 34.8 Å². The molecule has 1 aromatic heterocycles. The second-order valence-electron chi connectivity index (χ2n) is 6.30. The monoisotopic (exact) mass is 438 g/mol. The van der Waals surface area contributed by atoms with E-state index in [9.17, 15) is 19.7 Å². The van der Waals surface area contributed by atoms with Crippen LogP contribution in [0.3, 0.4) is 0 Å². The lowest BCUT2D eigenvalue weighted by Crippen LogP contribution is -2.16. The second kappa shape index (κ2) is 9.21. The molecule has 0 bridgehead atoms. The Labute approximate surface area is 182 Å². The highest BCUT2D eigenvalue weighted by atomic mass is 35.5. The van der Waals surface area contributed by atoms with Gasteiger partial charge in [-0.2, -0.15) is 10.5 Å². The van der Waals surface area contributed by atoms with Crippen molar-refractivity contribution >= 4 is 17.4 Å². The van der Waals surface area contributed by atoms with Crippen molar-refractivity contribution in [1.82, 2.24) is 4.98 Å². The lowest BCUT2D eigenvalue weighted by atomic mass is 9.96. The lowest BCUT2D eigenvalue weighted by Gasteiger charge is -2.15. The van der Waals surface area contributed by atoms with Crippen LogP contribution in [0.25, 0.3) is 11.1 Å². The van der Waals surface area contributed by atoms with Gasteiger partial charge in [0.15, 0.2) is 11.5 Å².